The van der Waals surface area contributed by atoms with E-state index in [4.69, 9.17) is 4.74 Å². The number of carbonyl (C=O) groups is 1. The molecule has 2 atom stereocenters. The smallest absolute Gasteiger partial charge is 0.241 e. The maximum Gasteiger partial charge on any atom is 0.241 e. The number of nitrogens with zero attached hydrogens (tertiary/aromatic N) is 1. The molecule has 2 rings (SSSR count). The first-order valence-corrected chi connectivity index (χ1v) is 6.28. The normalized spacial score (nSPS) is 38.9. The summed E-state index contributed by atoms with van der Waals surface area (Å²) in [6.07, 6.45) is 4.53. The number of carbonyl (C=O) groups excluding carboxylic acids is 1. The average Bonchev–Trinajstić information content (AvgIpc) is 2.45. The van der Waals surface area contributed by atoms with Crippen molar-refractivity contribution in [2.75, 3.05) is 7.11 Å². The van der Waals surface area contributed by atoms with Crippen molar-refractivity contribution < 1.29 is 9.53 Å². The summed E-state index contributed by atoms with van der Waals surface area (Å²) >= 11 is 0. The summed E-state index contributed by atoms with van der Waals surface area (Å²) < 4.78 is 5.26. The highest BCUT2D eigenvalue weighted by molar-refractivity contribution is 5.84. The van der Waals surface area contributed by atoms with Crippen LogP contribution in [-0.4, -0.2) is 42.3 Å². The van der Waals surface area contributed by atoms with Crippen LogP contribution < -0.4 is 5.32 Å². The van der Waals surface area contributed by atoms with Crippen LogP contribution in [0.5, 0.6) is 0 Å². The van der Waals surface area contributed by atoms with Crippen LogP contribution in [0.4, 0.5) is 0 Å². The Kier molecular flexibility index (Phi) is 3.50. The summed E-state index contributed by atoms with van der Waals surface area (Å²) in [5.74, 6) is 0.286. The van der Waals surface area contributed by atoms with Gasteiger partial charge in [0.1, 0.15) is 0 Å². The second kappa shape index (κ2) is 4.72. The molecule has 1 saturated carbocycles. The third-order valence-electron chi connectivity index (χ3n) is 3.79. The minimum absolute atomic E-state index is 0.0431. The molecule has 1 aliphatic heterocycles. The van der Waals surface area contributed by atoms with Crippen molar-refractivity contribution in [1.29, 1.82) is 0 Å². The molecule has 1 heterocycles. The number of ether oxygens (including phenoxy) is 1. The lowest BCUT2D eigenvalue weighted by molar-refractivity contribution is -0.137. The molecule has 0 aromatic rings. The van der Waals surface area contributed by atoms with Crippen molar-refractivity contribution in [1.82, 2.24) is 10.2 Å². The molecular weight excluding hydrogens is 204 g/mol. The van der Waals surface area contributed by atoms with Crippen molar-refractivity contribution in [3.63, 3.8) is 0 Å². The van der Waals surface area contributed by atoms with Crippen LogP contribution in [0, 0.1) is 0 Å². The van der Waals surface area contributed by atoms with E-state index in [1.165, 1.54) is 0 Å². The van der Waals surface area contributed by atoms with E-state index in [2.05, 4.69) is 19.2 Å². The van der Waals surface area contributed by atoms with Crippen molar-refractivity contribution in [3.8, 4) is 0 Å². The van der Waals surface area contributed by atoms with Gasteiger partial charge in [-0.2, -0.15) is 0 Å². The summed E-state index contributed by atoms with van der Waals surface area (Å²) in [4.78, 5) is 14.2. The first-order chi connectivity index (χ1) is 7.67. The van der Waals surface area contributed by atoms with E-state index in [1.807, 2.05) is 4.90 Å². The highest BCUT2D eigenvalue weighted by Gasteiger charge is 2.44. The van der Waals surface area contributed by atoms with Gasteiger partial charge in [0.2, 0.25) is 5.91 Å². The van der Waals surface area contributed by atoms with Crippen molar-refractivity contribution in [2.24, 2.45) is 0 Å². The molecule has 1 aliphatic carbocycles. The molecule has 4 nitrogen and oxygen atoms in total. The van der Waals surface area contributed by atoms with E-state index >= 15 is 0 Å². The van der Waals surface area contributed by atoms with Crippen molar-refractivity contribution in [3.05, 3.63) is 0 Å². The van der Waals surface area contributed by atoms with Crippen LogP contribution in [0.25, 0.3) is 0 Å². The van der Waals surface area contributed by atoms with Gasteiger partial charge in [-0.05, 0) is 26.2 Å². The van der Waals surface area contributed by atoms with Gasteiger partial charge in [-0.1, -0.05) is 13.3 Å². The number of nitrogens with one attached hydrogen (secondary N) is 1. The molecule has 0 bridgehead atoms. The van der Waals surface area contributed by atoms with Gasteiger partial charge in [0.15, 0.2) is 0 Å². The first-order valence-electron chi connectivity index (χ1n) is 6.28. The van der Waals surface area contributed by atoms with Crippen LogP contribution in [0.3, 0.4) is 0 Å². The zero-order valence-electron chi connectivity index (χ0n) is 10.4. The minimum Gasteiger partial charge on any atom is -0.381 e. The zero-order chi connectivity index (χ0) is 11.7. The molecule has 0 aromatic carbocycles. The van der Waals surface area contributed by atoms with E-state index in [0.29, 0.717) is 12.1 Å². The molecule has 0 aromatic heterocycles. The largest absolute Gasteiger partial charge is 0.381 e. The van der Waals surface area contributed by atoms with Crippen LogP contribution in [0.1, 0.15) is 39.5 Å². The van der Waals surface area contributed by atoms with Crippen molar-refractivity contribution in [2.45, 2.75) is 63.9 Å². The van der Waals surface area contributed by atoms with Gasteiger partial charge in [-0.15, -0.1) is 0 Å². The maximum absolute atomic E-state index is 12.2. The van der Waals surface area contributed by atoms with E-state index in [9.17, 15) is 4.79 Å². The Hall–Kier alpha value is -0.610. The minimum atomic E-state index is 0.0431. The Morgan fingerprint density at radius 1 is 1.50 bits per heavy atom. The van der Waals surface area contributed by atoms with Crippen LogP contribution in [0.2, 0.25) is 0 Å². The summed E-state index contributed by atoms with van der Waals surface area (Å²) in [7, 11) is 1.74. The SMILES string of the molecule is CCCC1NC(C)N(C2CC(OC)C2)C1=O. The fourth-order valence-electron chi connectivity index (χ4n) is 2.76. The van der Waals surface area contributed by atoms with Crippen LogP contribution in [-0.2, 0) is 9.53 Å². The molecule has 0 spiro atoms. The van der Waals surface area contributed by atoms with Gasteiger partial charge in [0, 0.05) is 13.2 Å². The summed E-state index contributed by atoms with van der Waals surface area (Å²) in [6, 6.07) is 0.434. The van der Waals surface area contributed by atoms with E-state index in [-0.39, 0.29) is 18.1 Å². The third kappa shape index (κ3) is 1.96. The molecular formula is C12H22N2O2. The number of hydrogen-bond acceptors (Lipinski definition) is 3. The lowest BCUT2D eigenvalue weighted by Gasteiger charge is -2.41. The summed E-state index contributed by atoms with van der Waals surface area (Å²) in [6.45, 7) is 4.19. The van der Waals surface area contributed by atoms with Crippen LogP contribution in [0.15, 0.2) is 0 Å². The maximum atomic E-state index is 12.2. The molecule has 2 aliphatic rings. The monoisotopic (exact) mass is 226 g/mol. The molecule has 1 amide bonds. The Morgan fingerprint density at radius 2 is 2.19 bits per heavy atom. The van der Waals surface area contributed by atoms with Gasteiger partial charge in [0.25, 0.3) is 0 Å². The number of methoxy groups -OCH3 is 1. The lowest BCUT2D eigenvalue weighted by Crippen LogP contribution is -2.52. The Morgan fingerprint density at radius 3 is 2.75 bits per heavy atom. The Bertz CT molecular complexity index is 264. The number of amides is 1. The van der Waals surface area contributed by atoms with E-state index < -0.39 is 0 Å². The standard InChI is InChI=1S/C12H22N2O2/c1-4-5-11-12(15)14(8(2)13-11)9-6-10(7-9)16-3/h8-11,13H,4-7H2,1-3H3. The molecule has 2 unspecified atom stereocenters. The van der Waals surface area contributed by atoms with Crippen LogP contribution >= 0.6 is 0 Å². The Balaban J connectivity index is 1.93. The van der Waals surface area contributed by atoms with Gasteiger partial charge >= 0.3 is 0 Å². The average molecular weight is 226 g/mol. The van der Waals surface area contributed by atoms with E-state index in [0.717, 1.165) is 25.7 Å². The summed E-state index contributed by atoms with van der Waals surface area (Å²) in [5, 5.41) is 3.37. The predicted molar refractivity (Wildman–Crippen MR) is 62.0 cm³/mol. The molecule has 0 radical (unpaired) electrons. The van der Waals surface area contributed by atoms with Gasteiger partial charge in [-0.25, -0.2) is 0 Å². The topological polar surface area (TPSA) is 41.6 Å². The molecule has 1 N–H and O–H groups in total. The number of hydrogen-bond donors (Lipinski definition) is 1. The highest BCUT2D eigenvalue weighted by Crippen LogP contribution is 2.31. The van der Waals surface area contributed by atoms with Crippen molar-refractivity contribution >= 4 is 5.91 Å². The first kappa shape index (κ1) is 11.9. The second-order valence-electron chi connectivity index (χ2n) is 4.91. The molecule has 2 fully saturated rings. The van der Waals surface area contributed by atoms with Gasteiger partial charge < -0.3 is 9.64 Å². The summed E-state index contributed by atoms with van der Waals surface area (Å²) in [5.41, 5.74) is 0. The molecule has 16 heavy (non-hydrogen) atoms. The third-order valence-corrected chi connectivity index (χ3v) is 3.79. The lowest BCUT2D eigenvalue weighted by atomic mass is 9.87. The van der Waals surface area contributed by atoms with E-state index in [1.54, 1.807) is 7.11 Å². The quantitative estimate of drug-likeness (QED) is 0.781. The predicted octanol–water partition coefficient (Wildman–Crippen LogP) is 1.11. The number of rotatable bonds is 4. The fourth-order valence-corrected chi connectivity index (χ4v) is 2.76. The molecule has 4 heteroatoms. The highest BCUT2D eigenvalue weighted by atomic mass is 16.5. The second-order valence-corrected chi connectivity index (χ2v) is 4.91. The van der Waals surface area contributed by atoms with Gasteiger partial charge in [-0.3, -0.25) is 10.1 Å². The fraction of sp³-hybridized carbons (Fsp3) is 0.917. The molecule has 92 valence electrons. The zero-order valence-corrected chi connectivity index (χ0v) is 10.4. The Labute approximate surface area is 97.3 Å². The molecule has 1 saturated heterocycles. The van der Waals surface area contributed by atoms with Gasteiger partial charge in [0.05, 0.1) is 18.3 Å².